The van der Waals surface area contributed by atoms with Gasteiger partial charge in [0.1, 0.15) is 12.6 Å². The molecule has 3 aliphatic heterocycles. The van der Waals surface area contributed by atoms with Gasteiger partial charge in [0.05, 0.1) is 23.7 Å². The van der Waals surface area contributed by atoms with Gasteiger partial charge in [0, 0.05) is 58.4 Å². The molecule has 0 aliphatic carbocycles. The first-order valence-electron chi connectivity index (χ1n) is 16.4. The Balaban J connectivity index is 0.909. The second-order valence-corrected chi connectivity index (χ2v) is 12.6. The fraction of sp³-hybridized carbons (Fsp3) is 0.529. The largest absolute Gasteiger partial charge is 0.445 e. The number of carbonyl (C=O) groups excluding carboxylic acids is 3. The van der Waals surface area contributed by atoms with Crippen molar-refractivity contribution in [2.45, 2.75) is 57.3 Å². The minimum absolute atomic E-state index is 0.218. The van der Waals surface area contributed by atoms with Crippen LogP contribution in [-0.2, 0) is 32.7 Å². The van der Waals surface area contributed by atoms with E-state index in [9.17, 15) is 19.2 Å². The van der Waals surface area contributed by atoms with Gasteiger partial charge in [-0.15, -0.1) is 0 Å². The Kier molecular flexibility index (Phi) is 10.0. The molecule has 1 atom stereocenters. The second kappa shape index (κ2) is 14.5. The van der Waals surface area contributed by atoms with E-state index in [4.69, 9.17) is 9.47 Å². The number of ether oxygens (including phenoxy) is 2. The maximum absolute atomic E-state index is 13.1. The van der Waals surface area contributed by atoms with Crippen LogP contribution in [0.3, 0.4) is 0 Å². The molecule has 3 aliphatic rings. The van der Waals surface area contributed by atoms with Crippen LogP contribution in [0.1, 0.15) is 50.1 Å². The third-order valence-electron chi connectivity index (χ3n) is 9.56. The van der Waals surface area contributed by atoms with Gasteiger partial charge in [-0.1, -0.05) is 30.3 Å². The molecule has 0 bridgehead atoms. The number of anilines is 1. The van der Waals surface area contributed by atoms with Crippen molar-refractivity contribution in [3.8, 4) is 0 Å². The van der Waals surface area contributed by atoms with Crippen molar-refractivity contribution in [3.05, 3.63) is 64.6 Å². The van der Waals surface area contributed by atoms with Crippen molar-refractivity contribution < 1.29 is 23.9 Å². The van der Waals surface area contributed by atoms with Crippen molar-refractivity contribution >= 4 is 34.6 Å². The lowest BCUT2D eigenvalue weighted by Crippen LogP contribution is -2.44. The highest BCUT2D eigenvalue weighted by molar-refractivity contribution is 6.00. The molecular weight excluding hydrogens is 588 g/mol. The van der Waals surface area contributed by atoms with Crippen molar-refractivity contribution in [3.63, 3.8) is 0 Å². The predicted octanol–water partition coefficient (Wildman–Crippen LogP) is 2.94. The van der Waals surface area contributed by atoms with Crippen LogP contribution < -0.4 is 21.2 Å². The number of rotatable bonds is 10. The Hall–Kier alpha value is -4.16. The molecule has 3 fully saturated rings. The zero-order chi connectivity index (χ0) is 32.0. The molecular formula is C34H44N6O6. The Morgan fingerprint density at radius 2 is 1.70 bits per heavy atom. The van der Waals surface area contributed by atoms with Gasteiger partial charge in [-0.25, -0.2) is 9.59 Å². The molecule has 1 aromatic heterocycles. The highest BCUT2D eigenvalue weighted by atomic mass is 16.5. The van der Waals surface area contributed by atoms with E-state index in [0.717, 1.165) is 75.2 Å². The van der Waals surface area contributed by atoms with Crippen LogP contribution >= 0.6 is 0 Å². The normalized spacial score (nSPS) is 20.2. The second-order valence-electron chi connectivity index (χ2n) is 12.6. The fourth-order valence-corrected chi connectivity index (χ4v) is 6.93. The fourth-order valence-electron chi connectivity index (χ4n) is 6.93. The lowest BCUT2D eigenvalue weighted by molar-refractivity contribution is -0.135. The van der Waals surface area contributed by atoms with Crippen LogP contribution in [0.5, 0.6) is 0 Å². The van der Waals surface area contributed by atoms with E-state index in [-0.39, 0.29) is 30.7 Å². The summed E-state index contributed by atoms with van der Waals surface area (Å²) in [6, 6.07) is 15.0. The van der Waals surface area contributed by atoms with E-state index >= 15 is 0 Å². The zero-order valence-corrected chi connectivity index (χ0v) is 26.5. The Morgan fingerprint density at radius 1 is 0.935 bits per heavy atom. The van der Waals surface area contributed by atoms with Crippen LogP contribution in [0.4, 0.5) is 10.5 Å². The minimum atomic E-state index is -0.676. The number of aromatic nitrogens is 2. The van der Waals surface area contributed by atoms with Crippen LogP contribution in [-0.4, -0.2) is 83.9 Å². The van der Waals surface area contributed by atoms with E-state index < -0.39 is 18.0 Å². The summed E-state index contributed by atoms with van der Waals surface area (Å²) in [4.78, 5) is 54.1. The summed E-state index contributed by atoms with van der Waals surface area (Å²) in [6.07, 6.45) is 4.55. The molecule has 0 radical (unpaired) electrons. The van der Waals surface area contributed by atoms with E-state index in [1.54, 1.807) is 11.6 Å². The Labute approximate surface area is 268 Å². The molecule has 0 saturated carbocycles. The molecule has 2 aromatic carbocycles. The van der Waals surface area contributed by atoms with Gasteiger partial charge < -0.3 is 24.6 Å². The number of imidazole rings is 1. The van der Waals surface area contributed by atoms with Crippen LogP contribution in [0.2, 0.25) is 0 Å². The number of nitrogens with zero attached hydrogens (tertiary/aromatic N) is 4. The lowest BCUT2D eigenvalue weighted by atomic mass is 9.94. The standard InChI is InChI=1S/C34H44N6O6/c1-37-30-21-26(7-8-28(30)40(34(37)44)29-9-10-31(41)36-32(29)42)39-18-11-24(12-19-39)22-38-16-13-27(14-17-38)45-20-15-35-33(43)46-23-25-5-3-2-4-6-25/h2-8,21,24,27,29H,9-20,22-23H2,1H3,(H,35,43)(H,36,41,42). The van der Waals surface area contributed by atoms with Gasteiger partial charge in [-0.05, 0) is 61.8 Å². The molecule has 4 heterocycles. The lowest BCUT2D eigenvalue weighted by Gasteiger charge is -2.38. The van der Waals surface area contributed by atoms with Crippen LogP contribution in [0, 0.1) is 5.92 Å². The SMILES string of the molecule is Cn1c(=O)n(C2CCC(=O)NC2=O)c2ccc(N3CCC(CN4CCC(OCCNC(=O)OCc5ccccc5)CC4)CC3)cc21. The van der Waals surface area contributed by atoms with E-state index in [2.05, 4.69) is 20.4 Å². The number of alkyl carbamates (subject to hydrolysis) is 1. The summed E-state index contributed by atoms with van der Waals surface area (Å²) in [6.45, 7) is 6.21. The third kappa shape index (κ3) is 7.45. The number of carbonyl (C=O) groups is 3. The molecule has 0 spiro atoms. The number of hydrogen-bond donors (Lipinski definition) is 2. The molecule has 2 N–H and O–H groups in total. The first-order valence-corrected chi connectivity index (χ1v) is 16.4. The van der Waals surface area contributed by atoms with Crippen molar-refractivity contribution in [2.75, 3.05) is 50.8 Å². The van der Waals surface area contributed by atoms with Crippen molar-refractivity contribution in [1.29, 1.82) is 0 Å². The quantitative estimate of drug-likeness (QED) is 0.258. The molecule has 1 unspecified atom stereocenters. The first-order chi connectivity index (χ1) is 22.4. The topological polar surface area (TPSA) is 127 Å². The average molecular weight is 633 g/mol. The summed E-state index contributed by atoms with van der Waals surface area (Å²) in [7, 11) is 1.73. The summed E-state index contributed by atoms with van der Waals surface area (Å²) >= 11 is 0. The third-order valence-corrected chi connectivity index (χ3v) is 9.56. The number of likely N-dealkylation sites (tertiary alicyclic amines) is 1. The number of nitrogens with one attached hydrogen (secondary N) is 2. The predicted molar refractivity (Wildman–Crippen MR) is 174 cm³/mol. The van der Waals surface area contributed by atoms with E-state index in [1.165, 1.54) is 4.57 Å². The van der Waals surface area contributed by atoms with Gasteiger partial charge >= 0.3 is 11.8 Å². The average Bonchev–Trinajstić information content (AvgIpc) is 3.32. The van der Waals surface area contributed by atoms with Crippen molar-refractivity contribution in [2.24, 2.45) is 13.0 Å². The maximum atomic E-state index is 13.1. The van der Waals surface area contributed by atoms with Gasteiger partial charge in [-0.3, -0.25) is 24.0 Å². The smallest absolute Gasteiger partial charge is 0.407 e. The van der Waals surface area contributed by atoms with Crippen molar-refractivity contribution in [1.82, 2.24) is 24.7 Å². The highest BCUT2D eigenvalue weighted by Gasteiger charge is 2.32. The molecule has 3 aromatic rings. The molecule has 246 valence electrons. The van der Waals surface area contributed by atoms with E-state index in [0.29, 0.717) is 31.0 Å². The zero-order valence-electron chi connectivity index (χ0n) is 26.5. The molecule has 12 heteroatoms. The monoisotopic (exact) mass is 632 g/mol. The van der Waals surface area contributed by atoms with E-state index in [1.807, 2.05) is 48.5 Å². The highest BCUT2D eigenvalue weighted by Crippen LogP contribution is 2.29. The summed E-state index contributed by atoms with van der Waals surface area (Å²) < 4.78 is 14.4. The minimum Gasteiger partial charge on any atom is -0.445 e. The number of fused-ring (bicyclic) bond motifs is 1. The van der Waals surface area contributed by atoms with Gasteiger partial charge in [0.15, 0.2) is 0 Å². The molecule has 6 rings (SSSR count). The first kappa shape index (κ1) is 31.8. The Bertz CT molecular complexity index is 1590. The molecule has 46 heavy (non-hydrogen) atoms. The number of amides is 3. The molecule has 12 nitrogen and oxygen atoms in total. The van der Waals surface area contributed by atoms with Crippen LogP contribution in [0.15, 0.2) is 53.3 Å². The van der Waals surface area contributed by atoms with Gasteiger partial charge in [0.2, 0.25) is 11.8 Å². The van der Waals surface area contributed by atoms with Crippen LogP contribution in [0.25, 0.3) is 11.0 Å². The van der Waals surface area contributed by atoms with Gasteiger partial charge in [-0.2, -0.15) is 0 Å². The molecule has 3 amide bonds. The van der Waals surface area contributed by atoms with Gasteiger partial charge in [0.25, 0.3) is 0 Å². The summed E-state index contributed by atoms with van der Waals surface area (Å²) in [5.41, 5.74) is 3.30. The summed E-state index contributed by atoms with van der Waals surface area (Å²) in [5, 5.41) is 5.13. The number of benzene rings is 2. The maximum Gasteiger partial charge on any atom is 0.407 e. The number of imide groups is 1. The number of aryl methyl sites for hydroxylation is 1. The number of piperidine rings is 3. The summed E-state index contributed by atoms with van der Waals surface area (Å²) in [5.74, 6) is -0.0689. The Morgan fingerprint density at radius 3 is 2.43 bits per heavy atom. The number of hydrogen-bond acceptors (Lipinski definition) is 8. The molecule has 3 saturated heterocycles.